The number of primary amides is 1. The van der Waals surface area contributed by atoms with E-state index in [2.05, 4.69) is 17.6 Å². The Kier molecular flexibility index (Phi) is 5.60. The molecule has 1 atom stereocenters. The summed E-state index contributed by atoms with van der Waals surface area (Å²) in [5.41, 5.74) is 7.52. The Bertz CT molecular complexity index is 877. The molecule has 4 N–H and O–H groups in total. The van der Waals surface area contributed by atoms with Crippen LogP contribution in [0, 0.1) is 5.92 Å². The van der Waals surface area contributed by atoms with Crippen molar-refractivity contribution in [1.29, 1.82) is 0 Å². The predicted octanol–water partition coefficient (Wildman–Crippen LogP) is 3.75. The van der Waals surface area contributed by atoms with Gasteiger partial charge in [-0.05, 0) is 67.2 Å². The fourth-order valence-corrected chi connectivity index (χ4v) is 4.82. The van der Waals surface area contributed by atoms with Crippen molar-refractivity contribution in [2.75, 3.05) is 5.32 Å². The number of hydrogen-bond acceptors (Lipinski definition) is 4. The van der Waals surface area contributed by atoms with Gasteiger partial charge in [-0.1, -0.05) is 18.5 Å². The highest BCUT2D eigenvalue weighted by Crippen LogP contribution is 2.39. The molecule has 1 unspecified atom stereocenters. The number of halogens is 1. The molecule has 1 heterocycles. The third kappa shape index (κ3) is 4.06. The zero-order valence-corrected chi connectivity index (χ0v) is 16.5. The molecule has 0 spiro atoms. The molecule has 1 aromatic carbocycles. The van der Waals surface area contributed by atoms with E-state index in [1.54, 1.807) is 24.3 Å². The van der Waals surface area contributed by atoms with Crippen LogP contribution in [0.2, 0.25) is 5.02 Å². The van der Waals surface area contributed by atoms with Crippen LogP contribution in [0.4, 0.5) is 5.00 Å². The summed E-state index contributed by atoms with van der Waals surface area (Å²) >= 11 is 12.5. The first-order valence-corrected chi connectivity index (χ1v) is 9.77. The third-order valence-corrected chi connectivity index (χ3v) is 5.94. The molecule has 0 fully saturated rings. The highest BCUT2D eigenvalue weighted by Gasteiger charge is 2.27. The van der Waals surface area contributed by atoms with Crippen LogP contribution in [0.5, 0.6) is 0 Å². The van der Waals surface area contributed by atoms with E-state index in [1.807, 2.05) is 0 Å². The van der Waals surface area contributed by atoms with Crippen molar-refractivity contribution >= 4 is 57.1 Å². The Hall–Kier alpha value is -1.96. The van der Waals surface area contributed by atoms with E-state index >= 15 is 0 Å². The van der Waals surface area contributed by atoms with Crippen molar-refractivity contribution in [3.63, 3.8) is 0 Å². The lowest BCUT2D eigenvalue weighted by Gasteiger charge is -2.18. The van der Waals surface area contributed by atoms with E-state index in [0.717, 1.165) is 29.7 Å². The van der Waals surface area contributed by atoms with Crippen LogP contribution in [0.15, 0.2) is 24.3 Å². The van der Waals surface area contributed by atoms with Gasteiger partial charge in [-0.15, -0.1) is 11.3 Å². The van der Waals surface area contributed by atoms with E-state index in [-0.39, 0.29) is 11.0 Å². The number of benzene rings is 1. The van der Waals surface area contributed by atoms with Gasteiger partial charge < -0.3 is 11.1 Å². The van der Waals surface area contributed by atoms with Crippen LogP contribution in [0.3, 0.4) is 0 Å². The summed E-state index contributed by atoms with van der Waals surface area (Å²) in [4.78, 5) is 25.3. The Morgan fingerprint density at radius 3 is 2.65 bits per heavy atom. The second-order valence-corrected chi connectivity index (χ2v) is 8.29. The van der Waals surface area contributed by atoms with Crippen LogP contribution in [-0.4, -0.2) is 16.9 Å². The molecule has 1 aliphatic carbocycles. The number of carbonyl (C=O) groups is 2. The average molecular weight is 408 g/mol. The molecule has 2 aromatic rings. The monoisotopic (exact) mass is 407 g/mol. The number of thiophene rings is 1. The van der Waals surface area contributed by atoms with Crippen LogP contribution in [0.1, 0.15) is 44.5 Å². The maximum atomic E-state index is 12.2. The molecule has 0 bridgehead atoms. The van der Waals surface area contributed by atoms with Gasteiger partial charge in [-0.2, -0.15) is 0 Å². The molecule has 0 radical (unpaired) electrons. The molecule has 26 heavy (non-hydrogen) atoms. The third-order valence-electron chi connectivity index (χ3n) is 4.32. The molecule has 0 saturated heterocycles. The molecule has 3 rings (SSSR count). The zero-order chi connectivity index (χ0) is 18.8. The van der Waals surface area contributed by atoms with Gasteiger partial charge in [0.1, 0.15) is 5.00 Å². The van der Waals surface area contributed by atoms with Crippen LogP contribution >= 0.6 is 35.2 Å². The zero-order valence-electron chi connectivity index (χ0n) is 14.1. The Labute approximate surface area is 165 Å². The molecular formula is C18H18ClN3O2S2. The molecule has 1 aliphatic rings. The standard InChI is InChI=1S/C18H18ClN3O2S2/c1-9-2-7-12-13(8-9)26-17(14(12)15(20)23)22-18(25)21-16(24)10-3-5-11(19)6-4-10/h3-6,9H,2,7-8H2,1H3,(H2,20,23)(H2,21,22,24,25). The summed E-state index contributed by atoms with van der Waals surface area (Å²) in [6, 6.07) is 6.49. The van der Waals surface area contributed by atoms with Gasteiger partial charge in [-0.25, -0.2) is 0 Å². The van der Waals surface area contributed by atoms with Crippen molar-refractivity contribution in [2.24, 2.45) is 11.7 Å². The largest absolute Gasteiger partial charge is 0.365 e. The van der Waals surface area contributed by atoms with Gasteiger partial charge >= 0.3 is 0 Å². The van der Waals surface area contributed by atoms with Gasteiger partial charge in [0.15, 0.2) is 5.11 Å². The number of hydrogen-bond donors (Lipinski definition) is 3. The smallest absolute Gasteiger partial charge is 0.257 e. The summed E-state index contributed by atoms with van der Waals surface area (Å²) in [5, 5.41) is 6.85. The Morgan fingerprint density at radius 1 is 1.31 bits per heavy atom. The minimum absolute atomic E-state index is 0.124. The number of anilines is 1. The summed E-state index contributed by atoms with van der Waals surface area (Å²) in [7, 11) is 0. The van der Waals surface area contributed by atoms with E-state index in [9.17, 15) is 9.59 Å². The molecule has 0 aliphatic heterocycles. The van der Waals surface area contributed by atoms with Crippen LogP contribution in [-0.2, 0) is 12.8 Å². The molecule has 8 heteroatoms. The predicted molar refractivity (Wildman–Crippen MR) is 109 cm³/mol. The highest BCUT2D eigenvalue weighted by atomic mass is 35.5. The van der Waals surface area contributed by atoms with Crippen LogP contribution in [0.25, 0.3) is 0 Å². The number of nitrogens with two attached hydrogens (primary N) is 1. The van der Waals surface area contributed by atoms with Gasteiger partial charge in [-0.3, -0.25) is 14.9 Å². The minimum Gasteiger partial charge on any atom is -0.365 e. The second-order valence-electron chi connectivity index (χ2n) is 6.34. The molecular weight excluding hydrogens is 390 g/mol. The second kappa shape index (κ2) is 7.73. The number of rotatable bonds is 3. The average Bonchev–Trinajstić information content (AvgIpc) is 2.91. The summed E-state index contributed by atoms with van der Waals surface area (Å²) in [6.45, 7) is 2.19. The van der Waals surface area contributed by atoms with Crippen molar-refractivity contribution < 1.29 is 9.59 Å². The van der Waals surface area contributed by atoms with E-state index in [1.165, 1.54) is 11.3 Å². The van der Waals surface area contributed by atoms with Gasteiger partial charge in [0.05, 0.1) is 5.56 Å². The Morgan fingerprint density at radius 2 is 2.00 bits per heavy atom. The van der Waals surface area contributed by atoms with Crippen molar-refractivity contribution in [1.82, 2.24) is 5.32 Å². The first-order valence-electron chi connectivity index (χ1n) is 8.17. The fourth-order valence-electron chi connectivity index (χ4n) is 3.01. The normalized spacial score (nSPS) is 15.8. The maximum Gasteiger partial charge on any atom is 0.257 e. The number of amides is 2. The van der Waals surface area contributed by atoms with E-state index in [4.69, 9.17) is 29.6 Å². The molecule has 2 amide bonds. The first kappa shape index (κ1) is 18.8. The summed E-state index contributed by atoms with van der Waals surface area (Å²) in [6.07, 6.45) is 2.78. The van der Waals surface area contributed by atoms with Crippen molar-refractivity contribution in [3.05, 3.63) is 50.9 Å². The molecule has 1 aromatic heterocycles. The maximum absolute atomic E-state index is 12.2. The van der Waals surface area contributed by atoms with Gasteiger partial charge in [0, 0.05) is 15.5 Å². The lowest BCUT2D eigenvalue weighted by molar-refractivity contribution is 0.0975. The number of thiocarbonyl (C=S) groups is 1. The lowest BCUT2D eigenvalue weighted by Crippen LogP contribution is -2.34. The number of carbonyl (C=O) groups excluding carboxylic acids is 2. The number of fused-ring (bicyclic) bond motifs is 1. The molecule has 0 saturated carbocycles. The fraction of sp³-hybridized carbons (Fsp3) is 0.278. The van der Waals surface area contributed by atoms with Crippen molar-refractivity contribution in [2.45, 2.75) is 26.2 Å². The summed E-state index contributed by atoms with van der Waals surface area (Å²) < 4.78 is 0. The van der Waals surface area contributed by atoms with Gasteiger partial charge in [0.25, 0.3) is 11.8 Å². The van der Waals surface area contributed by atoms with Crippen LogP contribution < -0.4 is 16.4 Å². The minimum atomic E-state index is -0.480. The lowest BCUT2D eigenvalue weighted by atomic mass is 9.88. The summed E-state index contributed by atoms with van der Waals surface area (Å²) in [5.74, 6) is -0.257. The highest BCUT2D eigenvalue weighted by molar-refractivity contribution is 7.80. The topological polar surface area (TPSA) is 84.2 Å². The number of nitrogens with one attached hydrogen (secondary N) is 2. The van der Waals surface area contributed by atoms with Gasteiger partial charge in [0.2, 0.25) is 0 Å². The van der Waals surface area contributed by atoms with E-state index < -0.39 is 5.91 Å². The first-order chi connectivity index (χ1) is 12.3. The molecule has 5 nitrogen and oxygen atoms in total. The Balaban J connectivity index is 1.76. The quantitative estimate of drug-likeness (QED) is 0.676. The van der Waals surface area contributed by atoms with Crippen molar-refractivity contribution in [3.8, 4) is 0 Å². The molecule has 136 valence electrons. The SMILES string of the molecule is CC1CCc2c(sc(NC(=S)NC(=O)c3ccc(Cl)cc3)c2C(N)=O)C1. The van der Waals surface area contributed by atoms with E-state index in [0.29, 0.717) is 27.1 Å².